The van der Waals surface area contributed by atoms with Crippen molar-refractivity contribution in [3.05, 3.63) is 71.5 Å². The van der Waals surface area contributed by atoms with Crippen LogP contribution < -0.4 is 9.47 Å². The van der Waals surface area contributed by atoms with Gasteiger partial charge in [0.1, 0.15) is 11.5 Å². The van der Waals surface area contributed by atoms with E-state index in [1.54, 1.807) is 7.11 Å². The average Bonchev–Trinajstić information content (AvgIpc) is 3.05. The Morgan fingerprint density at radius 2 is 1.90 bits per heavy atom. The molecule has 6 nitrogen and oxygen atoms in total. The Balaban J connectivity index is 1.83. The maximum Gasteiger partial charge on any atom is 0.199 e. The lowest BCUT2D eigenvalue weighted by atomic mass is 10.2. The van der Waals surface area contributed by atoms with E-state index in [0.29, 0.717) is 24.6 Å². The molecule has 0 saturated heterocycles. The molecule has 0 spiro atoms. The number of hydrogen-bond donors (Lipinski definition) is 0. The van der Waals surface area contributed by atoms with Gasteiger partial charge in [-0.3, -0.25) is 9.47 Å². The molecule has 2 aromatic carbocycles. The fraction of sp³-hybridized carbons (Fsp3) is 0.304. The van der Waals surface area contributed by atoms with E-state index in [1.165, 1.54) is 5.56 Å². The maximum absolute atomic E-state index is 5.72. The molecule has 0 fully saturated rings. The van der Waals surface area contributed by atoms with Crippen molar-refractivity contribution < 1.29 is 9.47 Å². The second-order valence-electron chi connectivity index (χ2n) is 6.94. The van der Waals surface area contributed by atoms with Gasteiger partial charge >= 0.3 is 0 Å². The van der Waals surface area contributed by atoms with Crippen molar-refractivity contribution in [2.45, 2.75) is 26.7 Å². The van der Waals surface area contributed by atoms with Crippen LogP contribution in [0.1, 0.15) is 12.5 Å². The van der Waals surface area contributed by atoms with E-state index in [9.17, 15) is 0 Å². The van der Waals surface area contributed by atoms with E-state index in [2.05, 4.69) is 23.6 Å². The standard InChI is InChI=1S/C23H28N4O2S/c1-5-15-26-22(20-9-7-8-10-21(20)28-4)24-27(23(26)30)17-25(3)16-18-11-13-19(14-12-18)29-6-2/h5,7-14H,1,6,15-17H2,2-4H3. The van der Waals surface area contributed by atoms with Gasteiger partial charge in [0, 0.05) is 13.1 Å². The van der Waals surface area contributed by atoms with Gasteiger partial charge in [0.25, 0.3) is 0 Å². The molecule has 1 heterocycles. The van der Waals surface area contributed by atoms with Crippen molar-refractivity contribution >= 4 is 12.2 Å². The van der Waals surface area contributed by atoms with Gasteiger partial charge in [-0.15, -0.1) is 6.58 Å². The fourth-order valence-electron chi connectivity index (χ4n) is 3.30. The summed E-state index contributed by atoms with van der Waals surface area (Å²) in [7, 11) is 3.71. The lowest BCUT2D eigenvalue weighted by Gasteiger charge is -2.16. The first-order valence-corrected chi connectivity index (χ1v) is 10.3. The highest BCUT2D eigenvalue weighted by atomic mass is 32.1. The first kappa shape index (κ1) is 21.8. The van der Waals surface area contributed by atoms with E-state index in [4.69, 9.17) is 26.8 Å². The van der Waals surface area contributed by atoms with Crippen LogP contribution in [0.3, 0.4) is 0 Å². The molecule has 0 saturated carbocycles. The highest BCUT2D eigenvalue weighted by Gasteiger charge is 2.16. The molecular formula is C23H28N4O2S. The third-order valence-electron chi connectivity index (χ3n) is 4.64. The SMILES string of the molecule is C=CCn1c(-c2ccccc2OC)nn(CN(C)Cc2ccc(OCC)cc2)c1=S. The van der Waals surface area contributed by atoms with Crippen LogP contribution in [0.5, 0.6) is 11.5 Å². The minimum atomic E-state index is 0.568. The normalized spacial score (nSPS) is 10.9. The molecule has 0 radical (unpaired) electrons. The molecule has 0 bridgehead atoms. The summed E-state index contributed by atoms with van der Waals surface area (Å²) in [6, 6.07) is 16.0. The van der Waals surface area contributed by atoms with E-state index in [-0.39, 0.29) is 0 Å². The molecule has 0 aliphatic heterocycles. The largest absolute Gasteiger partial charge is 0.496 e. The zero-order valence-corrected chi connectivity index (χ0v) is 18.6. The number of para-hydroxylation sites is 1. The summed E-state index contributed by atoms with van der Waals surface area (Å²) in [5, 5.41) is 4.81. The molecule has 0 amide bonds. The van der Waals surface area contributed by atoms with Gasteiger partial charge in [-0.25, -0.2) is 4.68 Å². The number of methoxy groups -OCH3 is 1. The molecule has 0 aliphatic carbocycles. The number of hydrogen-bond acceptors (Lipinski definition) is 5. The summed E-state index contributed by atoms with van der Waals surface area (Å²) < 4.78 is 15.5. The summed E-state index contributed by atoms with van der Waals surface area (Å²) in [4.78, 5) is 2.17. The first-order chi connectivity index (χ1) is 14.6. The van der Waals surface area contributed by atoms with Crippen molar-refractivity contribution in [2.24, 2.45) is 0 Å². The zero-order chi connectivity index (χ0) is 21.5. The Morgan fingerprint density at radius 3 is 2.57 bits per heavy atom. The average molecular weight is 425 g/mol. The van der Waals surface area contributed by atoms with Gasteiger partial charge in [-0.05, 0) is 56.0 Å². The molecule has 158 valence electrons. The summed E-state index contributed by atoms with van der Waals surface area (Å²) in [5.41, 5.74) is 2.10. The number of ether oxygens (including phenoxy) is 2. The summed E-state index contributed by atoms with van der Waals surface area (Å²) in [5.74, 6) is 2.42. The topological polar surface area (TPSA) is 44.5 Å². The van der Waals surface area contributed by atoms with Crippen molar-refractivity contribution in [1.82, 2.24) is 19.2 Å². The molecule has 0 N–H and O–H groups in total. The van der Waals surface area contributed by atoms with Crippen molar-refractivity contribution in [2.75, 3.05) is 20.8 Å². The zero-order valence-electron chi connectivity index (χ0n) is 17.7. The van der Waals surface area contributed by atoms with Crippen molar-refractivity contribution in [3.8, 4) is 22.9 Å². The Kier molecular flexibility index (Phi) is 7.43. The second kappa shape index (κ2) is 10.2. The number of rotatable bonds is 10. The van der Waals surface area contributed by atoms with Crippen molar-refractivity contribution in [1.29, 1.82) is 0 Å². The first-order valence-electron chi connectivity index (χ1n) is 9.89. The number of aromatic nitrogens is 3. The van der Waals surface area contributed by atoms with Crippen LogP contribution in [0.25, 0.3) is 11.4 Å². The van der Waals surface area contributed by atoms with Gasteiger partial charge in [-0.2, -0.15) is 5.10 Å². The molecule has 1 aromatic heterocycles. The van der Waals surface area contributed by atoms with Gasteiger partial charge < -0.3 is 9.47 Å². The van der Waals surface area contributed by atoms with E-state index in [0.717, 1.165) is 29.4 Å². The molecule has 3 aromatic rings. The fourth-order valence-corrected chi connectivity index (χ4v) is 3.56. The lowest BCUT2D eigenvalue weighted by Crippen LogP contribution is -2.22. The molecular weight excluding hydrogens is 396 g/mol. The summed E-state index contributed by atoms with van der Waals surface area (Å²) in [6.45, 7) is 8.43. The number of benzene rings is 2. The molecule has 0 aliphatic rings. The minimum absolute atomic E-state index is 0.568. The number of nitrogens with zero attached hydrogens (tertiary/aromatic N) is 4. The summed E-state index contributed by atoms with van der Waals surface area (Å²) >= 11 is 5.72. The molecule has 0 unspecified atom stereocenters. The molecule has 0 atom stereocenters. The highest BCUT2D eigenvalue weighted by molar-refractivity contribution is 7.71. The molecule has 7 heteroatoms. The predicted octanol–water partition coefficient (Wildman–Crippen LogP) is 4.76. The van der Waals surface area contributed by atoms with E-state index < -0.39 is 0 Å². The van der Waals surface area contributed by atoms with Crippen LogP contribution in [0.2, 0.25) is 0 Å². The smallest absolute Gasteiger partial charge is 0.199 e. The Morgan fingerprint density at radius 1 is 1.17 bits per heavy atom. The van der Waals surface area contributed by atoms with Gasteiger partial charge in [0.05, 0.1) is 25.9 Å². The van der Waals surface area contributed by atoms with Crippen LogP contribution in [0.4, 0.5) is 0 Å². The Hall–Kier alpha value is -2.90. The minimum Gasteiger partial charge on any atom is -0.496 e. The second-order valence-corrected chi connectivity index (χ2v) is 7.30. The van der Waals surface area contributed by atoms with E-state index in [1.807, 2.05) is 65.7 Å². The molecule has 3 rings (SSSR count). The monoisotopic (exact) mass is 424 g/mol. The van der Waals surface area contributed by atoms with E-state index >= 15 is 0 Å². The summed E-state index contributed by atoms with van der Waals surface area (Å²) in [6.07, 6.45) is 1.82. The van der Waals surface area contributed by atoms with Gasteiger partial charge in [0.15, 0.2) is 10.6 Å². The highest BCUT2D eigenvalue weighted by Crippen LogP contribution is 2.28. The third-order valence-corrected chi connectivity index (χ3v) is 5.08. The van der Waals surface area contributed by atoms with Crippen LogP contribution in [-0.4, -0.2) is 40.0 Å². The van der Waals surface area contributed by atoms with Crippen LogP contribution in [-0.2, 0) is 19.8 Å². The molecule has 30 heavy (non-hydrogen) atoms. The van der Waals surface area contributed by atoms with Crippen molar-refractivity contribution in [3.63, 3.8) is 0 Å². The quantitative estimate of drug-likeness (QED) is 0.347. The van der Waals surface area contributed by atoms with Crippen LogP contribution in [0, 0.1) is 4.77 Å². The predicted molar refractivity (Wildman–Crippen MR) is 122 cm³/mol. The van der Waals surface area contributed by atoms with Crippen LogP contribution in [0.15, 0.2) is 61.2 Å². The lowest BCUT2D eigenvalue weighted by molar-refractivity contribution is 0.244. The van der Waals surface area contributed by atoms with Crippen LogP contribution >= 0.6 is 12.2 Å². The number of allylic oxidation sites excluding steroid dienone is 1. The third kappa shape index (κ3) is 4.98. The Bertz CT molecular complexity index is 1040. The Labute approximate surface area is 183 Å². The van der Waals surface area contributed by atoms with Gasteiger partial charge in [-0.1, -0.05) is 30.3 Å². The van der Waals surface area contributed by atoms with Gasteiger partial charge in [0.2, 0.25) is 0 Å². The maximum atomic E-state index is 5.72.